The number of ether oxygens (including phenoxy) is 3. The van der Waals surface area contributed by atoms with Gasteiger partial charge in [-0.25, -0.2) is 0 Å². The molecular weight excluding hydrogens is 336 g/mol. The van der Waals surface area contributed by atoms with Crippen molar-refractivity contribution < 1.29 is 43.0 Å². The molecule has 0 spiro atoms. The van der Waals surface area contributed by atoms with Gasteiger partial charge in [0.25, 0.3) is 0 Å². The fraction of sp³-hybridized carbons (Fsp3) is 0.625. The Morgan fingerprint density at radius 2 is 0.760 bits per heavy atom. The molecule has 0 fully saturated rings. The monoisotopic (exact) mass is 362 g/mol. The van der Waals surface area contributed by atoms with Gasteiger partial charge in [0.05, 0.1) is 0 Å². The van der Waals surface area contributed by atoms with Gasteiger partial charge in [0.2, 0.25) is 0 Å². The number of hydrogen-bond acceptors (Lipinski definition) is 9. The van der Waals surface area contributed by atoms with Crippen molar-refractivity contribution in [3.05, 3.63) is 0 Å². The molecule has 0 radical (unpaired) electrons. The second-order valence-electron chi connectivity index (χ2n) is 4.52. The number of rotatable bonds is 4. The maximum Gasteiger partial charge on any atom is 0.313 e. The molecule has 0 aliphatic carbocycles. The molecule has 0 atom stereocenters. The molecule has 144 valence electrons. The number of esters is 6. The second kappa shape index (κ2) is 17.8. The maximum atomic E-state index is 10.7. The Kier molecular flexibility index (Phi) is 19.4. The lowest BCUT2D eigenvalue weighted by Crippen LogP contribution is -2.10. The molecule has 0 rings (SSSR count). The fourth-order valence-electron chi connectivity index (χ4n) is 1.04. The smallest absolute Gasteiger partial charge is 0.313 e. The highest BCUT2D eigenvalue weighted by Gasteiger charge is 2.07. The number of hydrogen-bond donors (Lipinski definition) is 0. The van der Waals surface area contributed by atoms with E-state index in [2.05, 4.69) is 14.2 Å². The minimum Gasteiger partial charge on any atom is -0.394 e. The van der Waals surface area contributed by atoms with Crippen molar-refractivity contribution in [1.29, 1.82) is 0 Å². The lowest BCUT2D eigenvalue weighted by Gasteiger charge is -1.98. The van der Waals surface area contributed by atoms with Gasteiger partial charge in [-0.2, -0.15) is 0 Å². The highest BCUT2D eigenvalue weighted by atomic mass is 16.6. The van der Waals surface area contributed by atoms with Gasteiger partial charge in [-0.3, -0.25) is 28.8 Å². The van der Waals surface area contributed by atoms with Crippen LogP contribution >= 0.6 is 0 Å². The zero-order valence-corrected chi connectivity index (χ0v) is 15.5. The second-order valence-corrected chi connectivity index (χ2v) is 4.52. The molecule has 9 nitrogen and oxygen atoms in total. The van der Waals surface area contributed by atoms with E-state index in [4.69, 9.17) is 0 Å². The van der Waals surface area contributed by atoms with E-state index in [9.17, 15) is 28.8 Å². The lowest BCUT2D eigenvalue weighted by molar-refractivity contribution is -0.160. The summed E-state index contributed by atoms with van der Waals surface area (Å²) < 4.78 is 12.4. The fourth-order valence-corrected chi connectivity index (χ4v) is 1.04. The van der Waals surface area contributed by atoms with Crippen molar-refractivity contribution in [3.8, 4) is 0 Å². The molecule has 0 aliphatic heterocycles. The van der Waals surface area contributed by atoms with Gasteiger partial charge in [-0.15, -0.1) is 0 Å². The van der Waals surface area contributed by atoms with Crippen molar-refractivity contribution in [2.75, 3.05) is 0 Å². The Morgan fingerprint density at radius 3 is 0.880 bits per heavy atom. The van der Waals surface area contributed by atoms with E-state index in [1.807, 2.05) is 13.8 Å². The summed E-state index contributed by atoms with van der Waals surface area (Å²) in [6.07, 6.45) is 2.10. The van der Waals surface area contributed by atoms with Crippen LogP contribution in [0.4, 0.5) is 0 Å². The summed E-state index contributed by atoms with van der Waals surface area (Å²) in [6, 6.07) is 0. The van der Waals surface area contributed by atoms with E-state index >= 15 is 0 Å². The first kappa shape index (κ1) is 27.3. The van der Waals surface area contributed by atoms with Gasteiger partial charge in [0, 0.05) is 40.5 Å². The summed E-state index contributed by atoms with van der Waals surface area (Å²) in [5.74, 6) is -3.07. The topological polar surface area (TPSA) is 130 Å². The van der Waals surface area contributed by atoms with Crippen molar-refractivity contribution in [3.63, 3.8) is 0 Å². The first-order valence-electron chi connectivity index (χ1n) is 7.57. The first-order chi connectivity index (χ1) is 11.5. The predicted molar refractivity (Wildman–Crippen MR) is 85.8 cm³/mol. The van der Waals surface area contributed by atoms with Crippen LogP contribution in [0.25, 0.3) is 0 Å². The Morgan fingerprint density at radius 1 is 0.520 bits per heavy atom. The molecule has 0 aromatic rings. The van der Waals surface area contributed by atoms with Crippen molar-refractivity contribution in [2.24, 2.45) is 0 Å². The van der Waals surface area contributed by atoms with Crippen LogP contribution in [-0.2, 0) is 43.0 Å². The van der Waals surface area contributed by atoms with Crippen LogP contribution in [0.3, 0.4) is 0 Å². The van der Waals surface area contributed by atoms with E-state index in [-0.39, 0.29) is 0 Å². The maximum absolute atomic E-state index is 10.7. The standard InChI is InChI=1S/C8H14O3.2C4H6O3/c1-3-5-7(9)11-8(10)6-4-2;2*1-3(5)7-4(2)6/h3-6H2,1-2H3;2*1-2H3. The van der Waals surface area contributed by atoms with Gasteiger partial charge < -0.3 is 14.2 Å². The highest BCUT2D eigenvalue weighted by Crippen LogP contribution is 1.96. The molecule has 0 aliphatic rings. The quantitative estimate of drug-likeness (QED) is 0.417. The van der Waals surface area contributed by atoms with E-state index in [1.165, 1.54) is 27.7 Å². The summed E-state index contributed by atoms with van der Waals surface area (Å²) in [5.41, 5.74) is 0. The lowest BCUT2D eigenvalue weighted by atomic mass is 10.3. The van der Waals surface area contributed by atoms with Gasteiger partial charge in [0.15, 0.2) is 0 Å². The average Bonchev–Trinajstić information content (AvgIpc) is 2.36. The van der Waals surface area contributed by atoms with Gasteiger partial charge in [-0.1, -0.05) is 13.8 Å². The predicted octanol–water partition coefficient (Wildman–Crippen LogP) is 1.85. The largest absolute Gasteiger partial charge is 0.394 e. The summed E-state index contributed by atoms with van der Waals surface area (Å²) >= 11 is 0. The molecule has 25 heavy (non-hydrogen) atoms. The third-order valence-electron chi connectivity index (χ3n) is 1.71. The zero-order valence-electron chi connectivity index (χ0n) is 15.5. The molecule has 0 heterocycles. The molecule has 0 amide bonds. The molecule has 0 aromatic carbocycles. The average molecular weight is 362 g/mol. The molecule has 0 saturated heterocycles. The number of carbonyl (C=O) groups excluding carboxylic acids is 6. The molecule has 0 N–H and O–H groups in total. The summed E-state index contributed by atoms with van der Waals surface area (Å²) in [7, 11) is 0. The van der Waals surface area contributed by atoms with Crippen molar-refractivity contribution >= 4 is 35.8 Å². The number of carbonyl (C=O) groups is 6. The molecule has 0 unspecified atom stereocenters. The van der Waals surface area contributed by atoms with E-state index in [0.29, 0.717) is 12.8 Å². The Labute approximate surface area is 147 Å². The van der Waals surface area contributed by atoms with Gasteiger partial charge >= 0.3 is 35.8 Å². The minimum atomic E-state index is -0.562. The zero-order chi connectivity index (χ0) is 20.4. The van der Waals surface area contributed by atoms with E-state index < -0.39 is 35.8 Å². The Bertz CT molecular complexity index is 400. The molecule has 0 bridgehead atoms. The van der Waals surface area contributed by atoms with Crippen LogP contribution in [0, 0.1) is 0 Å². The molecule has 0 saturated carbocycles. The van der Waals surface area contributed by atoms with Crippen LogP contribution in [0.5, 0.6) is 0 Å². The van der Waals surface area contributed by atoms with Crippen molar-refractivity contribution in [1.82, 2.24) is 0 Å². The highest BCUT2D eigenvalue weighted by molar-refractivity contribution is 5.85. The van der Waals surface area contributed by atoms with Gasteiger partial charge in [0.1, 0.15) is 0 Å². The Hall–Kier alpha value is -2.58. The van der Waals surface area contributed by atoms with Crippen LogP contribution in [0.1, 0.15) is 67.2 Å². The third-order valence-corrected chi connectivity index (χ3v) is 1.71. The van der Waals surface area contributed by atoms with E-state index in [1.54, 1.807) is 0 Å². The molecular formula is C16H26O9. The third kappa shape index (κ3) is 34.0. The van der Waals surface area contributed by atoms with Crippen LogP contribution in [0.15, 0.2) is 0 Å². The summed E-state index contributed by atoms with van der Waals surface area (Å²) in [4.78, 5) is 60.6. The molecule has 0 aromatic heterocycles. The van der Waals surface area contributed by atoms with Crippen LogP contribution in [-0.4, -0.2) is 35.8 Å². The Balaban J connectivity index is -0.000000304. The SMILES string of the molecule is CC(=O)OC(C)=O.CC(=O)OC(C)=O.CCCC(=O)OC(=O)CCC. The van der Waals surface area contributed by atoms with E-state index in [0.717, 1.165) is 12.8 Å². The van der Waals surface area contributed by atoms with Gasteiger partial charge in [-0.05, 0) is 12.8 Å². The first-order valence-corrected chi connectivity index (χ1v) is 7.57. The van der Waals surface area contributed by atoms with Crippen LogP contribution in [0.2, 0.25) is 0 Å². The normalized spacial score (nSPS) is 8.40. The minimum absolute atomic E-state index is 0.329. The summed E-state index contributed by atoms with van der Waals surface area (Å²) in [5, 5.41) is 0. The van der Waals surface area contributed by atoms with Crippen LogP contribution < -0.4 is 0 Å². The summed E-state index contributed by atoms with van der Waals surface area (Å²) in [6.45, 7) is 8.46. The van der Waals surface area contributed by atoms with Crippen molar-refractivity contribution in [2.45, 2.75) is 67.2 Å². The molecule has 9 heteroatoms.